The Bertz CT molecular complexity index is 960. The Morgan fingerprint density at radius 2 is 1.79 bits per heavy atom. The lowest BCUT2D eigenvalue weighted by molar-refractivity contribution is 0.0946. The van der Waals surface area contributed by atoms with E-state index >= 15 is 0 Å². The third-order valence-electron chi connectivity index (χ3n) is 5.20. The highest BCUT2D eigenvalue weighted by Crippen LogP contribution is 2.27. The Balaban J connectivity index is 1.37. The monoisotopic (exact) mass is 407 g/mol. The number of pyridine rings is 1. The van der Waals surface area contributed by atoms with Gasteiger partial charge in [-0.2, -0.15) is 0 Å². The van der Waals surface area contributed by atoms with Gasteiger partial charge in [-0.1, -0.05) is 30.3 Å². The lowest BCUT2D eigenvalue weighted by atomic mass is 10.2. The molecular formula is C22H25N5OS. The Kier molecular flexibility index (Phi) is 5.76. The first-order chi connectivity index (χ1) is 14.1. The molecule has 3 heterocycles. The Morgan fingerprint density at radius 3 is 2.48 bits per heavy atom. The number of piperazine rings is 1. The number of aromatic nitrogens is 2. The van der Waals surface area contributed by atoms with Gasteiger partial charge < -0.3 is 15.1 Å². The van der Waals surface area contributed by atoms with E-state index in [4.69, 9.17) is 0 Å². The molecule has 0 unspecified atom stereocenters. The zero-order chi connectivity index (χ0) is 20.2. The number of carbonyl (C=O) groups is 1. The van der Waals surface area contributed by atoms with Crippen molar-refractivity contribution in [3.8, 4) is 0 Å². The summed E-state index contributed by atoms with van der Waals surface area (Å²) < 4.78 is 0. The van der Waals surface area contributed by atoms with Crippen molar-refractivity contribution in [2.45, 2.75) is 20.4 Å². The highest BCUT2D eigenvalue weighted by molar-refractivity contribution is 7.15. The van der Waals surface area contributed by atoms with Gasteiger partial charge in [-0.15, -0.1) is 11.3 Å². The van der Waals surface area contributed by atoms with Gasteiger partial charge in [0.2, 0.25) is 0 Å². The van der Waals surface area contributed by atoms with Crippen LogP contribution in [0.4, 0.5) is 10.8 Å². The summed E-state index contributed by atoms with van der Waals surface area (Å²) in [5.41, 5.74) is 3.68. The van der Waals surface area contributed by atoms with E-state index in [1.165, 1.54) is 4.88 Å². The van der Waals surface area contributed by atoms with Crippen LogP contribution in [0.2, 0.25) is 0 Å². The number of nitrogens with one attached hydrogen (secondary N) is 1. The molecule has 0 bridgehead atoms. The minimum atomic E-state index is -0.150. The van der Waals surface area contributed by atoms with E-state index in [1.54, 1.807) is 17.5 Å². The van der Waals surface area contributed by atoms with Crippen molar-refractivity contribution in [3.05, 3.63) is 70.5 Å². The third kappa shape index (κ3) is 4.56. The van der Waals surface area contributed by atoms with Crippen molar-refractivity contribution in [3.63, 3.8) is 0 Å². The van der Waals surface area contributed by atoms with E-state index in [1.807, 2.05) is 42.5 Å². The molecule has 150 valence electrons. The van der Waals surface area contributed by atoms with Crippen LogP contribution < -0.4 is 15.1 Å². The fourth-order valence-electron chi connectivity index (χ4n) is 3.36. The summed E-state index contributed by atoms with van der Waals surface area (Å²) >= 11 is 1.76. The number of hydrogen-bond donors (Lipinski definition) is 1. The van der Waals surface area contributed by atoms with Gasteiger partial charge >= 0.3 is 0 Å². The summed E-state index contributed by atoms with van der Waals surface area (Å²) in [6.45, 7) is 8.31. The number of carbonyl (C=O) groups excluding carboxylic acids is 1. The molecule has 0 aliphatic carbocycles. The maximum absolute atomic E-state index is 12.5. The first-order valence-electron chi connectivity index (χ1n) is 9.82. The third-order valence-corrected chi connectivity index (χ3v) is 6.34. The Morgan fingerprint density at radius 1 is 1.07 bits per heavy atom. The van der Waals surface area contributed by atoms with Gasteiger partial charge in [0.1, 0.15) is 5.69 Å². The summed E-state index contributed by atoms with van der Waals surface area (Å²) in [6, 6.07) is 13.7. The Hall–Kier alpha value is -2.93. The van der Waals surface area contributed by atoms with Crippen LogP contribution in [0.5, 0.6) is 0 Å². The van der Waals surface area contributed by atoms with Crippen molar-refractivity contribution in [1.82, 2.24) is 15.3 Å². The average molecular weight is 408 g/mol. The molecule has 0 atom stereocenters. The van der Waals surface area contributed by atoms with Crippen LogP contribution >= 0.6 is 11.3 Å². The Labute approximate surface area is 175 Å². The van der Waals surface area contributed by atoms with E-state index in [0.717, 1.165) is 48.3 Å². The normalized spacial score (nSPS) is 14.1. The summed E-state index contributed by atoms with van der Waals surface area (Å²) in [5.74, 6) is -0.150. The molecule has 1 saturated heterocycles. The second-order valence-corrected chi connectivity index (χ2v) is 8.36. The summed E-state index contributed by atoms with van der Waals surface area (Å²) in [6.07, 6.45) is 1.71. The minimum Gasteiger partial charge on any atom is -0.368 e. The highest BCUT2D eigenvalue weighted by Gasteiger charge is 2.21. The second kappa shape index (κ2) is 8.61. The van der Waals surface area contributed by atoms with Gasteiger partial charge in [0.15, 0.2) is 5.13 Å². The molecule has 2 aromatic heterocycles. The predicted molar refractivity (Wildman–Crippen MR) is 118 cm³/mol. The summed E-state index contributed by atoms with van der Waals surface area (Å²) in [7, 11) is 0. The molecule has 1 aromatic carbocycles. The number of aryl methyl sites for hydroxylation is 2. The van der Waals surface area contributed by atoms with Gasteiger partial charge in [-0.25, -0.2) is 4.98 Å². The van der Waals surface area contributed by atoms with Crippen LogP contribution in [0.25, 0.3) is 0 Å². The lowest BCUT2D eigenvalue weighted by Gasteiger charge is -2.36. The molecular weight excluding hydrogens is 382 g/mol. The van der Waals surface area contributed by atoms with Gasteiger partial charge in [-0.05, 0) is 31.5 Å². The number of hydrogen-bond acceptors (Lipinski definition) is 6. The van der Waals surface area contributed by atoms with Crippen molar-refractivity contribution in [2.24, 2.45) is 0 Å². The quantitative estimate of drug-likeness (QED) is 0.702. The minimum absolute atomic E-state index is 0.150. The number of nitrogens with zero attached hydrogens (tertiary/aromatic N) is 4. The van der Waals surface area contributed by atoms with Crippen molar-refractivity contribution >= 4 is 28.1 Å². The fourth-order valence-corrected chi connectivity index (χ4v) is 4.32. The predicted octanol–water partition coefficient (Wildman–Crippen LogP) is 3.41. The second-order valence-electron chi connectivity index (χ2n) is 7.18. The topological polar surface area (TPSA) is 61.4 Å². The van der Waals surface area contributed by atoms with E-state index in [-0.39, 0.29) is 5.91 Å². The van der Waals surface area contributed by atoms with E-state index in [2.05, 4.69) is 38.9 Å². The standard InChI is InChI=1S/C22H25N5OS/c1-16-17(2)29-22(25-16)27-12-10-26(11-13-27)19-8-9-23-20(14-19)21(28)24-15-18-6-4-3-5-7-18/h3-9,14H,10-13,15H2,1-2H3,(H,24,28). The van der Waals surface area contributed by atoms with Gasteiger partial charge in [0.05, 0.1) is 5.69 Å². The van der Waals surface area contributed by atoms with E-state index in [9.17, 15) is 4.79 Å². The molecule has 7 heteroatoms. The largest absolute Gasteiger partial charge is 0.368 e. The number of rotatable bonds is 5. The van der Waals surface area contributed by atoms with Crippen LogP contribution in [0, 0.1) is 13.8 Å². The highest BCUT2D eigenvalue weighted by atomic mass is 32.1. The summed E-state index contributed by atoms with van der Waals surface area (Å²) in [4.78, 5) is 27.4. The first-order valence-corrected chi connectivity index (χ1v) is 10.6. The number of thiazole rings is 1. The zero-order valence-corrected chi connectivity index (χ0v) is 17.6. The number of benzene rings is 1. The molecule has 1 aliphatic rings. The number of amides is 1. The molecule has 1 amide bonds. The van der Waals surface area contributed by atoms with Crippen molar-refractivity contribution in [1.29, 1.82) is 0 Å². The molecule has 1 aliphatic heterocycles. The van der Waals surface area contributed by atoms with Crippen LogP contribution in [0.15, 0.2) is 48.7 Å². The molecule has 29 heavy (non-hydrogen) atoms. The van der Waals surface area contributed by atoms with Crippen molar-refractivity contribution < 1.29 is 4.79 Å². The molecule has 4 rings (SSSR count). The first kappa shape index (κ1) is 19.4. The average Bonchev–Trinajstić information content (AvgIpc) is 3.11. The maximum Gasteiger partial charge on any atom is 0.270 e. The van der Waals surface area contributed by atoms with Crippen molar-refractivity contribution in [2.75, 3.05) is 36.0 Å². The molecule has 6 nitrogen and oxygen atoms in total. The number of anilines is 2. The lowest BCUT2D eigenvalue weighted by Crippen LogP contribution is -2.46. The maximum atomic E-state index is 12.5. The van der Waals surface area contributed by atoms with Gasteiger partial charge in [0.25, 0.3) is 5.91 Å². The zero-order valence-electron chi connectivity index (χ0n) is 16.8. The molecule has 3 aromatic rings. The van der Waals surface area contributed by atoms with Crippen LogP contribution in [-0.2, 0) is 6.54 Å². The van der Waals surface area contributed by atoms with Crippen LogP contribution in [-0.4, -0.2) is 42.1 Å². The van der Waals surface area contributed by atoms with Gasteiger partial charge in [-0.3, -0.25) is 9.78 Å². The smallest absolute Gasteiger partial charge is 0.270 e. The van der Waals surface area contributed by atoms with E-state index in [0.29, 0.717) is 12.2 Å². The molecule has 1 N–H and O–H groups in total. The van der Waals surface area contributed by atoms with Crippen LogP contribution in [0.3, 0.4) is 0 Å². The molecule has 0 saturated carbocycles. The SMILES string of the molecule is Cc1nc(N2CCN(c3ccnc(C(=O)NCc4ccccc4)c3)CC2)sc1C. The molecule has 0 spiro atoms. The molecule has 1 fully saturated rings. The van der Waals surface area contributed by atoms with Gasteiger partial charge in [0, 0.05) is 49.5 Å². The van der Waals surface area contributed by atoms with E-state index < -0.39 is 0 Å². The fraction of sp³-hybridized carbons (Fsp3) is 0.318. The summed E-state index contributed by atoms with van der Waals surface area (Å²) in [5, 5.41) is 4.05. The molecule has 0 radical (unpaired) electrons. The van der Waals surface area contributed by atoms with Crippen LogP contribution in [0.1, 0.15) is 26.6 Å².